The van der Waals surface area contributed by atoms with Gasteiger partial charge in [-0.15, -0.1) is 0 Å². The minimum absolute atomic E-state index is 0.334. The molecule has 3 nitrogen and oxygen atoms in total. The van der Waals surface area contributed by atoms with E-state index in [1.165, 1.54) is 23.1 Å². The largest absolute Gasteiger partial charge is 0.366 e. The number of fused-ring (bicyclic) bond motifs is 1. The lowest BCUT2D eigenvalue weighted by Gasteiger charge is -2.19. The number of amides is 1. The van der Waals surface area contributed by atoms with E-state index >= 15 is 0 Å². The van der Waals surface area contributed by atoms with Gasteiger partial charge in [0.15, 0.2) is 0 Å². The van der Waals surface area contributed by atoms with E-state index in [0.29, 0.717) is 23.4 Å². The van der Waals surface area contributed by atoms with Gasteiger partial charge in [0.25, 0.3) is 5.91 Å². The molecule has 27 heavy (non-hydrogen) atoms. The van der Waals surface area contributed by atoms with Crippen LogP contribution in [0.5, 0.6) is 0 Å². The van der Waals surface area contributed by atoms with Crippen molar-refractivity contribution >= 4 is 11.6 Å². The molecular weight excluding hydrogens is 341 g/mol. The maximum absolute atomic E-state index is 13.4. The topological polar surface area (TPSA) is 40.5 Å². The molecule has 0 saturated carbocycles. The molecule has 1 amide bonds. The van der Waals surface area contributed by atoms with Crippen LogP contribution in [0.25, 0.3) is 0 Å². The van der Waals surface area contributed by atoms with Gasteiger partial charge in [0.1, 0.15) is 5.82 Å². The average Bonchev–Trinajstić information content (AvgIpc) is 2.90. The Morgan fingerprint density at radius 1 is 0.963 bits per heavy atom. The minimum atomic E-state index is -1.96. The monoisotopic (exact) mass is 357 g/mol. The van der Waals surface area contributed by atoms with Crippen LogP contribution in [-0.4, -0.2) is 11.0 Å². The standard InChI is InChI=1S/C23H16FNO2/c24-19-10-6-9-17(15-19)13-14-23(27)20-11-4-5-12-21(20)25(22(23)26)16-18-7-2-1-3-8-18/h1-12,15,27H,16H2. The molecule has 0 radical (unpaired) electrons. The van der Waals surface area contributed by atoms with Gasteiger partial charge in [-0.3, -0.25) is 4.79 Å². The molecule has 1 heterocycles. The molecule has 4 rings (SSSR count). The molecule has 0 aliphatic carbocycles. The normalized spacial score (nSPS) is 18.0. The number of anilines is 1. The number of carbonyl (C=O) groups excluding carboxylic acids is 1. The van der Waals surface area contributed by atoms with E-state index in [0.717, 1.165) is 5.56 Å². The second-order valence-corrected chi connectivity index (χ2v) is 6.36. The Hall–Kier alpha value is -3.42. The summed E-state index contributed by atoms with van der Waals surface area (Å²) in [6, 6.07) is 22.4. The maximum Gasteiger partial charge on any atom is 0.276 e. The summed E-state index contributed by atoms with van der Waals surface area (Å²) in [5.41, 5.74) is 0.452. The fraction of sp³-hybridized carbons (Fsp3) is 0.0870. The second kappa shape index (κ2) is 6.71. The highest BCUT2D eigenvalue weighted by Crippen LogP contribution is 2.40. The molecule has 0 aromatic heterocycles. The molecule has 1 aliphatic rings. The van der Waals surface area contributed by atoms with E-state index in [9.17, 15) is 14.3 Å². The van der Waals surface area contributed by atoms with Gasteiger partial charge in [-0.1, -0.05) is 60.5 Å². The quantitative estimate of drug-likeness (QED) is 0.712. The Labute approximate surface area is 156 Å². The molecule has 1 N–H and O–H groups in total. The van der Waals surface area contributed by atoms with Gasteiger partial charge in [-0.25, -0.2) is 4.39 Å². The van der Waals surface area contributed by atoms with Crippen LogP contribution in [0, 0.1) is 17.7 Å². The highest BCUT2D eigenvalue weighted by molar-refractivity contribution is 6.09. The molecule has 132 valence electrons. The molecule has 0 spiro atoms. The van der Waals surface area contributed by atoms with Gasteiger partial charge in [-0.2, -0.15) is 0 Å². The average molecular weight is 357 g/mol. The second-order valence-electron chi connectivity index (χ2n) is 6.36. The summed E-state index contributed by atoms with van der Waals surface area (Å²) < 4.78 is 13.4. The molecular formula is C23H16FNO2. The number of carbonyl (C=O) groups is 1. The molecule has 0 saturated heterocycles. The van der Waals surface area contributed by atoms with Crippen molar-refractivity contribution in [3.63, 3.8) is 0 Å². The number of nitrogens with zero attached hydrogens (tertiary/aromatic N) is 1. The third kappa shape index (κ3) is 3.10. The SMILES string of the molecule is O=C1N(Cc2ccccc2)c2ccccc2C1(O)C#Cc1cccc(F)c1. The molecule has 3 aromatic rings. The highest BCUT2D eigenvalue weighted by Gasteiger charge is 2.48. The summed E-state index contributed by atoms with van der Waals surface area (Å²) in [6.07, 6.45) is 0. The third-order valence-electron chi connectivity index (χ3n) is 4.54. The van der Waals surface area contributed by atoms with Gasteiger partial charge >= 0.3 is 0 Å². The summed E-state index contributed by atoms with van der Waals surface area (Å²) in [4.78, 5) is 14.6. The van der Waals surface area contributed by atoms with Crippen LogP contribution in [0.3, 0.4) is 0 Å². The molecule has 3 aromatic carbocycles. The Bertz CT molecular complexity index is 1070. The zero-order valence-corrected chi connectivity index (χ0v) is 14.4. The smallest absolute Gasteiger partial charge is 0.276 e. The Morgan fingerprint density at radius 2 is 1.70 bits per heavy atom. The van der Waals surface area contributed by atoms with Crippen LogP contribution in [0.2, 0.25) is 0 Å². The number of para-hydroxylation sites is 1. The van der Waals surface area contributed by atoms with Crippen molar-refractivity contribution in [1.29, 1.82) is 0 Å². The lowest BCUT2D eigenvalue weighted by Crippen LogP contribution is -2.39. The van der Waals surface area contributed by atoms with E-state index in [1.54, 1.807) is 24.3 Å². The molecule has 0 fully saturated rings. The molecule has 4 heteroatoms. The van der Waals surface area contributed by atoms with Gasteiger partial charge in [-0.05, 0) is 35.7 Å². The van der Waals surface area contributed by atoms with Crippen LogP contribution in [0.1, 0.15) is 16.7 Å². The van der Waals surface area contributed by atoms with Crippen LogP contribution in [0.15, 0.2) is 78.9 Å². The van der Waals surface area contributed by atoms with Crippen molar-refractivity contribution in [3.8, 4) is 11.8 Å². The molecule has 1 unspecified atom stereocenters. The van der Waals surface area contributed by atoms with Crippen molar-refractivity contribution in [1.82, 2.24) is 0 Å². The van der Waals surface area contributed by atoms with Crippen molar-refractivity contribution in [2.24, 2.45) is 0 Å². The number of aliphatic hydroxyl groups is 1. The van der Waals surface area contributed by atoms with E-state index in [4.69, 9.17) is 0 Å². The van der Waals surface area contributed by atoms with Gasteiger partial charge in [0.05, 0.1) is 12.2 Å². The first-order valence-electron chi connectivity index (χ1n) is 8.54. The van der Waals surface area contributed by atoms with E-state index in [1.807, 2.05) is 36.4 Å². The lowest BCUT2D eigenvalue weighted by molar-refractivity contribution is -0.130. The number of halogens is 1. The van der Waals surface area contributed by atoms with Crippen LogP contribution in [0.4, 0.5) is 10.1 Å². The van der Waals surface area contributed by atoms with Crippen molar-refractivity contribution in [2.75, 3.05) is 4.90 Å². The van der Waals surface area contributed by atoms with Crippen molar-refractivity contribution in [2.45, 2.75) is 12.1 Å². The zero-order valence-electron chi connectivity index (χ0n) is 14.4. The van der Waals surface area contributed by atoms with Crippen molar-refractivity contribution < 1.29 is 14.3 Å². The highest BCUT2D eigenvalue weighted by atomic mass is 19.1. The summed E-state index contributed by atoms with van der Waals surface area (Å²) in [5.74, 6) is 4.48. The van der Waals surface area contributed by atoms with Gasteiger partial charge < -0.3 is 10.0 Å². The van der Waals surface area contributed by atoms with Crippen LogP contribution >= 0.6 is 0 Å². The molecule has 1 atom stereocenters. The van der Waals surface area contributed by atoms with Crippen LogP contribution in [-0.2, 0) is 16.9 Å². The maximum atomic E-state index is 13.4. The predicted molar refractivity (Wildman–Crippen MR) is 101 cm³/mol. The fourth-order valence-electron chi connectivity index (χ4n) is 3.21. The summed E-state index contributed by atoms with van der Waals surface area (Å²) >= 11 is 0. The Kier molecular flexibility index (Phi) is 4.23. The third-order valence-corrected chi connectivity index (χ3v) is 4.54. The zero-order chi connectivity index (χ0) is 18.9. The minimum Gasteiger partial charge on any atom is -0.366 e. The first-order valence-corrected chi connectivity index (χ1v) is 8.54. The van der Waals surface area contributed by atoms with Gasteiger partial charge in [0, 0.05) is 11.1 Å². The predicted octanol–water partition coefficient (Wildman–Crippen LogP) is 3.61. The number of hydrogen-bond donors (Lipinski definition) is 1. The Balaban J connectivity index is 1.75. The van der Waals surface area contributed by atoms with Crippen LogP contribution < -0.4 is 4.90 Å². The van der Waals surface area contributed by atoms with E-state index in [2.05, 4.69) is 11.8 Å². The molecule has 0 bridgehead atoms. The number of hydrogen-bond acceptors (Lipinski definition) is 2. The summed E-state index contributed by atoms with van der Waals surface area (Å²) in [6.45, 7) is 0.334. The van der Waals surface area contributed by atoms with E-state index < -0.39 is 17.3 Å². The fourth-order valence-corrected chi connectivity index (χ4v) is 3.21. The number of rotatable bonds is 2. The Morgan fingerprint density at radius 3 is 2.48 bits per heavy atom. The van der Waals surface area contributed by atoms with Gasteiger partial charge in [0.2, 0.25) is 5.60 Å². The van der Waals surface area contributed by atoms with Crippen molar-refractivity contribution in [3.05, 3.63) is 101 Å². The first kappa shape index (κ1) is 17.0. The van der Waals surface area contributed by atoms with E-state index in [-0.39, 0.29) is 0 Å². The molecule has 1 aliphatic heterocycles. The first-order chi connectivity index (χ1) is 13.1. The summed E-state index contributed by atoms with van der Waals surface area (Å²) in [5, 5.41) is 11.1. The number of benzene rings is 3. The lowest BCUT2D eigenvalue weighted by atomic mass is 9.95. The summed E-state index contributed by atoms with van der Waals surface area (Å²) in [7, 11) is 0.